The topological polar surface area (TPSA) is 34.9 Å². The van der Waals surface area contributed by atoms with E-state index in [0.29, 0.717) is 5.82 Å². The van der Waals surface area contributed by atoms with Crippen molar-refractivity contribution >= 4 is 5.78 Å². The molecule has 0 spiro atoms. The van der Waals surface area contributed by atoms with Crippen LogP contribution in [-0.2, 0) is 6.54 Å². The first-order valence-electron chi connectivity index (χ1n) is 5.85. The van der Waals surface area contributed by atoms with Gasteiger partial charge in [-0.15, -0.1) is 0 Å². The van der Waals surface area contributed by atoms with Crippen LogP contribution in [-0.4, -0.2) is 15.3 Å². The van der Waals surface area contributed by atoms with Gasteiger partial charge in [-0.25, -0.2) is 4.98 Å². The van der Waals surface area contributed by atoms with Gasteiger partial charge in [0, 0.05) is 24.9 Å². The highest BCUT2D eigenvalue weighted by Gasteiger charge is 2.48. The highest BCUT2D eigenvalue weighted by Crippen LogP contribution is 2.54. The number of imidazole rings is 1. The van der Waals surface area contributed by atoms with E-state index in [2.05, 4.69) is 4.98 Å². The molecule has 2 fully saturated rings. The molecule has 2 atom stereocenters. The zero-order valence-corrected chi connectivity index (χ0v) is 9.02. The minimum absolute atomic E-state index is 0.265. The van der Waals surface area contributed by atoms with E-state index in [-0.39, 0.29) is 11.7 Å². The van der Waals surface area contributed by atoms with E-state index >= 15 is 0 Å². The molecule has 1 aromatic rings. The second-order valence-corrected chi connectivity index (χ2v) is 4.83. The van der Waals surface area contributed by atoms with E-state index in [1.807, 2.05) is 17.7 Å². The molecule has 2 aliphatic rings. The molecule has 3 nitrogen and oxygen atoms in total. The highest BCUT2D eigenvalue weighted by atomic mass is 16.1. The van der Waals surface area contributed by atoms with E-state index in [4.69, 9.17) is 0 Å². The summed E-state index contributed by atoms with van der Waals surface area (Å²) >= 11 is 0. The minimum atomic E-state index is 0.265. The van der Waals surface area contributed by atoms with Crippen LogP contribution in [0.2, 0.25) is 0 Å². The Morgan fingerprint density at radius 1 is 1.47 bits per heavy atom. The van der Waals surface area contributed by atoms with Gasteiger partial charge in [0.2, 0.25) is 5.78 Å². The molecule has 2 saturated carbocycles. The largest absolute Gasteiger partial charge is 0.329 e. The summed E-state index contributed by atoms with van der Waals surface area (Å²) in [7, 11) is 0. The number of hydrogen-bond donors (Lipinski definition) is 0. The summed E-state index contributed by atoms with van der Waals surface area (Å²) < 4.78 is 1.95. The predicted molar refractivity (Wildman–Crippen MR) is 56.6 cm³/mol. The van der Waals surface area contributed by atoms with E-state index < -0.39 is 0 Å². The maximum atomic E-state index is 12.2. The average molecular weight is 204 g/mol. The van der Waals surface area contributed by atoms with E-state index in [1.54, 1.807) is 6.20 Å². The van der Waals surface area contributed by atoms with Gasteiger partial charge in [-0.1, -0.05) is 0 Å². The molecule has 0 N–H and O–H groups in total. The molecule has 0 amide bonds. The number of ketones is 1. The first-order chi connectivity index (χ1) is 7.29. The third kappa shape index (κ3) is 1.41. The van der Waals surface area contributed by atoms with Crippen molar-refractivity contribution in [2.24, 2.45) is 17.8 Å². The molecule has 80 valence electrons. The maximum absolute atomic E-state index is 12.2. The SMILES string of the molecule is CCn1ccnc1C(=O)C1CC2CC2C1. The molecule has 3 rings (SSSR count). The molecule has 2 unspecified atom stereocenters. The number of aromatic nitrogens is 2. The molecule has 0 aliphatic heterocycles. The number of carbonyl (C=O) groups excluding carboxylic acids is 1. The Labute approximate surface area is 89.5 Å². The smallest absolute Gasteiger partial charge is 0.201 e. The molecular weight excluding hydrogens is 188 g/mol. The molecule has 2 aliphatic carbocycles. The summed E-state index contributed by atoms with van der Waals surface area (Å²) in [4.78, 5) is 16.4. The number of nitrogens with zero attached hydrogens (tertiary/aromatic N) is 2. The monoisotopic (exact) mass is 204 g/mol. The van der Waals surface area contributed by atoms with Crippen molar-refractivity contribution in [2.45, 2.75) is 32.7 Å². The van der Waals surface area contributed by atoms with Crippen LogP contribution < -0.4 is 0 Å². The predicted octanol–water partition coefficient (Wildman–Crippen LogP) is 2.13. The van der Waals surface area contributed by atoms with Crippen molar-refractivity contribution < 1.29 is 4.79 Å². The summed E-state index contributed by atoms with van der Waals surface area (Å²) in [6, 6.07) is 0. The van der Waals surface area contributed by atoms with Gasteiger partial charge < -0.3 is 4.57 Å². The number of Topliss-reactive ketones (excluding diaryl/α,β-unsaturated/α-hetero) is 1. The Morgan fingerprint density at radius 2 is 2.20 bits per heavy atom. The zero-order valence-electron chi connectivity index (χ0n) is 9.02. The fourth-order valence-corrected chi connectivity index (χ4v) is 2.90. The lowest BCUT2D eigenvalue weighted by molar-refractivity contribution is 0.0899. The van der Waals surface area contributed by atoms with Crippen LogP contribution in [0, 0.1) is 17.8 Å². The standard InChI is InChI=1S/C12H16N2O/c1-2-14-4-3-13-12(14)11(15)10-6-8-5-9(8)7-10/h3-4,8-10H,2,5-7H2,1H3. The van der Waals surface area contributed by atoms with Crippen LogP contribution in [0.4, 0.5) is 0 Å². The summed E-state index contributed by atoms with van der Waals surface area (Å²) in [6.07, 6.45) is 7.21. The second-order valence-electron chi connectivity index (χ2n) is 4.83. The molecule has 0 aromatic carbocycles. The quantitative estimate of drug-likeness (QED) is 0.707. The van der Waals surface area contributed by atoms with Crippen molar-refractivity contribution in [3.05, 3.63) is 18.2 Å². The molecule has 1 aromatic heterocycles. The number of carbonyl (C=O) groups is 1. The van der Waals surface area contributed by atoms with Crippen molar-refractivity contribution in [2.75, 3.05) is 0 Å². The highest BCUT2D eigenvalue weighted by molar-refractivity contribution is 5.95. The van der Waals surface area contributed by atoms with Crippen LogP contribution in [0.3, 0.4) is 0 Å². The molecule has 0 saturated heterocycles. The lowest BCUT2D eigenvalue weighted by Gasteiger charge is -2.10. The van der Waals surface area contributed by atoms with Gasteiger partial charge >= 0.3 is 0 Å². The lowest BCUT2D eigenvalue weighted by atomic mass is 9.98. The molecule has 0 bridgehead atoms. The van der Waals surface area contributed by atoms with Crippen LogP contribution in [0.1, 0.15) is 36.8 Å². The van der Waals surface area contributed by atoms with Gasteiger partial charge in [-0.3, -0.25) is 4.79 Å². The van der Waals surface area contributed by atoms with Gasteiger partial charge in [0.05, 0.1) is 0 Å². The minimum Gasteiger partial charge on any atom is -0.329 e. The van der Waals surface area contributed by atoms with Crippen LogP contribution >= 0.6 is 0 Å². The number of rotatable bonds is 3. The number of hydrogen-bond acceptors (Lipinski definition) is 2. The van der Waals surface area contributed by atoms with Crippen molar-refractivity contribution in [1.29, 1.82) is 0 Å². The van der Waals surface area contributed by atoms with Gasteiger partial charge in [-0.05, 0) is 38.0 Å². The Balaban J connectivity index is 1.79. The Bertz CT molecular complexity index is 386. The van der Waals surface area contributed by atoms with E-state index in [9.17, 15) is 4.79 Å². The second kappa shape index (κ2) is 3.19. The molecule has 15 heavy (non-hydrogen) atoms. The maximum Gasteiger partial charge on any atom is 0.201 e. The lowest BCUT2D eigenvalue weighted by Crippen LogP contribution is -2.18. The fraction of sp³-hybridized carbons (Fsp3) is 0.667. The van der Waals surface area contributed by atoms with Gasteiger partial charge in [0.25, 0.3) is 0 Å². The summed E-state index contributed by atoms with van der Waals surface area (Å²) in [5, 5.41) is 0. The first-order valence-corrected chi connectivity index (χ1v) is 5.85. The Hall–Kier alpha value is -1.12. The average Bonchev–Trinajstić information content (AvgIpc) is 2.72. The van der Waals surface area contributed by atoms with E-state index in [1.165, 1.54) is 6.42 Å². The normalized spacial score (nSPS) is 32.7. The molecule has 1 heterocycles. The molecule has 3 heteroatoms. The Morgan fingerprint density at radius 3 is 2.87 bits per heavy atom. The van der Waals surface area contributed by atoms with Gasteiger partial charge in [0.1, 0.15) is 0 Å². The summed E-state index contributed by atoms with van der Waals surface area (Å²) in [5.74, 6) is 2.94. The van der Waals surface area contributed by atoms with Crippen molar-refractivity contribution in [3.63, 3.8) is 0 Å². The van der Waals surface area contributed by atoms with Crippen molar-refractivity contribution in [1.82, 2.24) is 9.55 Å². The number of fused-ring (bicyclic) bond motifs is 1. The number of aryl methyl sites for hydroxylation is 1. The third-order valence-corrected chi connectivity index (χ3v) is 3.89. The molecule has 0 radical (unpaired) electrons. The van der Waals surface area contributed by atoms with Crippen LogP contribution in [0.25, 0.3) is 0 Å². The Kier molecular flexibility index (Phi) is 1.94. The summed E-state index contributed by atoms with van der Waals surface area (Å²) in [5.41, 5.74) is 0. The van der Waals surface area contributed by atoms with E-state index in [0.717, 1.165) is 31.2 Å². The van der Waals surface area contributed by atoms with Gasteiger partial charge in [0.15, 0.2) is 5.82 Å². The first kappa shape index (κ1) is 9.13. The van der Waals surface area contributed by atoms with Crippen LogP contribution in [0.15, 0.2) is 12.4 Å². The van der Waals surface area contributed by atoms with Gasteiger partial charge in [-0.2, -0.15) is 0 Å². The molecular formula is C12H16N2O. The third-order valence-electron chi connectivity index (χ3n) is 3.89. The zero-order chi connectivity index (χ0) is 10.4. The van der Waals surface area contributed by atoms with Crippen molar-refractivity contribution in [3.8, 4) is 0 Å². The van der Waals surface area contributed by atoms with Crippen LogP contribution in [0.5, 0.6) is 0 Å². The summed E-state index contributed by atoms with van der Waals surface area (Å²) in [6.45, 7) is 2.88. The fourth-order valence-electron chi connectivity index (χ4n) is 2.90.